The third kappa shape index (κ3) is 5.69. The Balaban J connectivity index is 1.29. The lowest BCUT2D eigenvalue weighted by Gasteiger charge is -2.37. The summed E-state index contributed by atoms with van der Waals surface area (Å²) < 4.78 is 0. The topological polar surface area (TPSA) is 59.1 Å². The number of rotatable bonds is 5. The van der Waals surface area contributed by atoms with Gasteiger partial charge < -0.3 is 15.1 Å². The van der Waals surface area contributed by atoms with Crippen molar-refractivity contribution in [3.05, 3.63) is 30.3 Å². The van der Waals surface area contributed by atoms with Crippen molar-refractivity contribution in [2.45, 2.75) is 58.2 Å². The molecule has 0 bridgehead atoms. The number of para-hydroxylation sites is 1. The largest absolute Gasteiger partial charge is 0.368 e. The van der Waals surface area contributed by atoms with E-state index in [-0.39, 0.29) is 35.4 Å². The number of carbonyl (C=O) groups is 2. The van der Waals surface area contributed by atoms with E-state index in [0.717, 1.165) is 52.1 Å². The van der Waals surface area contributed by atoms with Gasteiger partial charge in [0.2, 0.25) is 11.8 Å². The molecule has 7 nitrogen and oxygen atoms in total. The van der Waals surface area contributed by atoms with Gasteiger partial charge in [0.05, 0.1) is 0 Å². The van der Waals surface area contributed by atoms with Gasteiger partial charge >= 0.3 is 0 Å². The summed E-state index contributed by atoms with van der Waals surface area (Å²) >= 11 is 0. The predicted molar refractivity (Wildman–Crippen MR) is 132 cm³/mol. The van der Waals surface area contributed by atoms with E-state index in [0.29, 0.717) is 13.0 Å². The molecule has 3 aliphatic heterocycles. The molecule has 1 aromatic rings. The molecule has 3 fully saturated rings. The molecule has 2 amide bonds. The lowest BCUT2D eigenvalue weighted by molar-refractivity contribution is -0.132. The summed E-state index contributed by atoms with van der Waals surface area (Å²) in [6, 6.07) is 10.8. The van der Waals surface area contributed by atoms with Gasteiger partial charge in [0.15, 0.2) is 0 Å². The highest BCUT2D eigenvalue weighted by Gasteiger charge is 2.45. The number of amides is 2. The number of hydrogen-bond donors (Lipinski definition) is 1. The van der Waals surface area contributed by atoms with Crippen molar-refractivity contribution in [3.8, 4) is 0 Å². The Kier molecular flexibility index (Phi) is 7.29. The van der Waals surface area contributed by atoms with Crippen LogP contribution in [-0.4, -0.2) is 97.5 Å². The van der Waals surface area contributed by atoms with E-state index in [1.54, 1.807) is 0 Å². The lowest BCUT2D eigenvalue weighted by Crippen LogP contribution is -2.51. The van der Waals surface area contributed by atoms with Crippen LogP contribution in [0.1, 0.15) is 40.0 Å². The first kappa shape index (κ1) is 24.0. The number of likely N-dealkylation sites (tertiary alicyclic amines) is 1. The van der Waals surface area contributed by atoms with E-state index >= 15 is 0 Å². The fourth-order valence-corrected chi connectivity index (χ4v) is 5.74. The molecule has 4 rings (SSSR count). The highest BCUT2D eigenvalue weighted by molar-refractivity contribution is 5.83. The zero-order valence-corrected chi connectivity index (χ0v) is 20.8. The number of piperazine rings is 1. The normalized spacial score (nSPS) is 27.3. The van der Waals surface area contributed by atoms with Crippen molar-refractivity contribution in [3.63, 3.8) is 0 Å². The smallest absolute Gasteiger partial charge is 0.239 e. The molecule has 7 heteroatoms. The van der Waals surface area contributed by atoms with Gasteiger partial charge in [0, 0.05) is 70.0 Å². The third-order valence-electron chi connectivity index (χ3n) is 7.47. The molecule has 33 heavy (non-hydrogen) atoms. The summed E-state index contributed by atoms with van der Waals surface area (Å²) in [7, 11) is 2.15. The fourth-order valence-electron chi connectivity index (χ4n) is 5.74. The Bertz CT molecular complexity index is 816. The number of anilines is 1. The minimum Gasteiger partial charge on any atom is -0.368 e. The number of carbonyl (C=O) groups excluding carboxylic acids is 2. The summed E-state index contributed by atoms with van der Waals surface area (Å²) in [5, 5.41) is 3.19. The second-order valence-electron chi connectivity index (χ2n) is 11.1. The zero-order chi connectivity index (χ0) is 23.6. The monoisotopic (exact) mass is 455 g/mol. The zero-order valence-electron chi connectivity index (χ0n) is 20.8. The molecule has 3 atom stereocenters. The number of hydrogen-bond acceptors (Lipinski definition) is 5. The maximum absolute atomic E-state index is 13.0. The molecule has 182 valence electrons. The summed E-state index contributed by atoms with van der Waals surface area (Å²) in [6.07, 6.45) is 2.34. The van der Waals surface area contributed by atoms with Gasteiger partial charge in [-0.2, -0.15) is 0 Å². The van der Waals surface area contributed by atoms with Crippen LogP contribution >= 0.6 is 0 Å². The summed E-state index contributed by atoms with van der Waals surface area (Å²) in [6.45, 7) is 12.5. The van der Waals surface area contributed by atoms with Crippen LogP contribution in [0.25, 0.3) is 0 Å². The molecule has 0 spiro atoms. The minimum absolute atomic E-state index is 0.0824. The first-order valence-electron chi connectivity index (χ1n) is 12.5. The molecule has 3 aliphatic rings. The van der Waals surface area contributed by atoms with Crippen LogP contribution in [0.2, 0.25) is 0 Å². The molecular weight excluding hydrogens is 414 g/mol. The van der Waals surface area contributed by atoms with Crippen molar-refractivity contribution >= 4 is 17.5 Å². The molecule has 0 aromatic heterocycles. The summed E-state index contributed by atoms with van der Waals surface area (Å²) in [4.78, 5) is 35.0. The Morgan fingerprint density at radius 3 is 2.42 bits per heavy atom. The molecule has 0 unspecified atom stereocenters. The van der Waals surface area contributed by atoms with E-state index in [9.17, 15) is 9.59 Å². The molecule has 3 saturated heterocycles. The molecule has 1 aromatic carbocycles. The standard InChI is InChI=1S/C26H41N5O2/c1-26(2,3)19-31-13-12-22-24(31)25(33)27-18-21(28(22)4)10-11-23(32)30-16-14-29(15-17-30)20-8-6-5-7-9-20/h5-9,21-22,24H,10-19H2,1-4H3,(H,27,33)/t21-,22-,24-/m0/s1. The van der Waals surface area contributed by atoms with Crippen molar-refractivity contribution < 1.29 is 9.59 Å². The number of fused-ring (bicyclic) bond motifs is 1. The fraction of sp³-hybridized carbons (Fsp3) is 0.692. The van der Waals surface area contributed by atoms with Gasteiger partial charge in [-0.05, 0) is 37.4 Å². The van der Waals surface area contributed by atoms with Crippen molar-refractivity contribution in [2.24, 2.45) is 5.41 Å². The number of likely N-dealkylation sites (N-methyl/N-ethyl adjacent to an activating group) is 1. The number of benzene rings is 1. The average molecular weight is 456 g/mol. The summed E-state index contributed by atoms with van der Waals surface area (Å²) in [5.41, 5.74) is 1.39. The maximum Gasteiger partial charge on any atom is 0.239 e. The minimum atomic E-state index is -0.0824. The molecule has 3 heterocycles. The van der Waals surface area contributed by atoms with Gasteiger partial charge in [-0.15, -0.1) is 0 Å². The van der Waals surface area contributed by atoms with E-state index in [2.05, 4.69) is 72.1 Å². The third-order valence-corrected chi connectivity index (χ3v) is 7.47. The second kappa shape index (κ2) is 10.0. The van der Waals surface area contributed by atoms with Gasteiger partial charge in [-0.1, -0.05) is 39.0 Å². The SMILES string of the molecule is CN1[C@@H](CCC(=O)N2CCN(c3ccccc3)CC2)CNC(=O)[C@@H]2[C@@H]1CCN2CC(C)(C)C. The number of nitrogens with zero attached hydrogens (tertiary/aromatic N) is 4. The molecule has 0 radical (unpaired) electrons. The van der Waals surface area contributed by atoms with E-state index in [1.165, 1.54) is 5.69 Å². The average Bonchev–Trinajstić information content (AvgIpc) is 3.15. The van der Waals surface area contributed by atoms with Crippen molar-refractivity contribution in [1.82, 2.24) is 20.0 Å². The van der Waals surface area contributed by atoms with Crippen LogP contribution in [-0.2, 0) is 9.59 Å². The molecule has 0 aliphatic carbocycles. The van der Waals surface area contributed by atoms with Crippen LogP contribution in [0.5, 0.6) is 0 Å². The Morgan fingerprint density at radius 2 is 1.76 bits per heavy atom. The predicted octanol–water partition coefficient (Wildman–Crippen LogP) is 2.03. The molecule has 1 N–H and O–H groups in total. The van der Waals surface area contributed by atoms with Crippen molar-refractivity contribution in [2.75, 3.05) is 57.8 Å². The Morgan fingerprint density at radius 1 is 1.06 bits per heavy atom. The van der Waals surface area contributed by atoms with E-state index in [1.807, 2.05) is 11.0 Å². The maximum atomic E-state index is 13.0. The van der Waals surface area contributed by atoms with Gasteiger partial charge in [-0.3, -0.25) is 19.4 Å². The highest BCUT2D eigenvalue weighted by atomic mass is 16.2. The van der Waals surface area contributed by atoms with E-state index in [4.69, 9.17) is 0 Å². The van der Waals surface area contributed by atoms with Crippen LogP contribution in [0.4, 0.5) is 5.69 Å². The first-order chi connectivity index (χ1) is 15.7. The molecular formula is C26H41N5O2. The van der Waals surface area contributed by atoms with Gasteiger partial charge in [-0.25, -0.2) is 0 Å². The lowest BCUT2D eigenvalue weighted by atomic mass is 9.95. The Hall–Kier alpha value is -2.12. The van der Waals surface area contributed by atoms with Crippen molar-refractivity contribution in [1.29, 1.82) is 0 Å². The van der Waals surface area contributed by atoms with Crippen LogP contribution in [0, 0.1) is 5.41 Å². The first-order valence-corrected chi connectivity index (χ1v) is 12.5. The van der Waals surface area contributed by atoms with Gasteiger partial charge in [0.25, 0.3) is 0 Å². The summed E-state index contributed by atoms with van der Waals surface area (Å²) in [5.74, 6) is 0.392. The van der Waals surface area contributed by atoms with Crippen LogP contribution < -0.4 is 10.2 Å². The Labute approximate surface area is 199 Å². The highest BCUT2D eigenvalue weighted by Crippen LogP contribution is 2.30. The van der Waals surface area contributed by atoms with Gasteiger partial charge in [0.1, 0.15) is 6.04 Å². The second-order valence-corrected chi connectivity index (χ2v) is 11.1. The van der Waals surface area contributed by atoms with E-state index < -0.39 is 0 Å². The van der Waals surface area contributed by atoms with Crippen LogP contribution in [0.3, 0.4) is 0 Å². The molecule has 0 saturated carbocycles. The van der Waals surface area contributed by atoms with Crippen LogP contribution in [0.15, 0.2) is 30.3 Å². The quantitative estimate of drug-likeness (QED) is 0.736. The number of nitrogens with one attached hydrogen (secondary N) is 1.